The van der Waals surface area contributed by atoms with Crippen LogP contribution in [0.4, 0.5) is 9.59 Å². The molecule has 2 amide bonds. The number of ether oxygens (including phenoxy) is 2. The van der Waals surface area contributed by atoms with Gasteiger partial charge in [-0.3, -0.25) is 9.59 Å². The van der Waals surface area contributed by atoms with Gasteiger partial charge in [-0.05, 0) is 47.3 Å². The average Bonchev–Trinajstić information content (AvgIpc) is 2.22. The molecule has 0 saturated heterocycles. The molecule has 0 aromatic rings. The van der Waals surface area contributed by atoms with Gasteiger partial charge in [0.2, 0.25) is 0 Å². The molecular weight excluding hydrogens is 308 g/mol. The van der Waals surface area contributed by atoms with Gasteiger partial charge in [0.1, 0.15) is 17.7 Å². The molecule has 0 aromatic heterocycles. The molecule has 0 saturated carbocycles. The van der Waals surface area contributed by atoms with Crippen LogP contribution >= 0.6 is 11.8 Å². The van der Waals surface area contributed by atoms with E-state index in [4.69, 9.17) is 9.47 Å². The van der Waals surface area contributed by atoms with E-state index in [1.165, 1.54) is 0 Å². The number of amides is 2. The highest BCUT2D eigenvalue weighted by Crippen LogP contribution is 2.11. The third-order valence-corrected chi connectivity index (χ3v) is 2.58. The number of thioether (sulfide) groups is 1. The maximum absolute atomic E-state index is 12.0. The van der Waals surface area contributed by atoms with E-state index in [2.05, 4.69) is 5.43 Å². The molecule has 0 aliphatic heterocycles. The zero-order valence-electron chi connectivity index (χ0n) is 14.3. The van der Waals surface area contributed by atoms with Crippen molar-refractivity contribution in [1.29, 1.82) is 0 Å². The van der Waals surface area contributed by atoms with E-state index in [1.54, 1.807) is 48.5 Å². The van der Waals surface area contributed by atoms with Crippen LogP contribution in [0.15, 0.2) is 0 Å². The second kappa shape index (κ2) is 8.26. The van der Waals surface area contributed by atoms with Crippen LogP contribution in [-0.2, 0) is 14.3 Å². The third kappa shape index (κ3) is 10.3. The predicted molar refractivity (Wildman–Crippen MR) is 85.4 cm³/mol. The average molecular weight is 334 g/mol. The van der Waals surface area contributed by atoms with E-state index in [1.807, 2.05) is 0 Å². The molecule has 0 aromatic carbocycles. The molecule has 128 valence electrons. The number of hydrogen-bond acceptors (Lipinski definition) is 6. The van der Waals surface area contributed by atoms with Crippen molar-refractivity contribution < 1.29 is 23.9 Å². The van der Waals surface area contributed by atoms with Gasteiger partial charge in [0.15, 0.2) is 0 Å². The van der Waals surface area contributed by atoms with Gasteiger partial charge >= 0.3 is 17.3 Å². The first-order valence-corrected chi connectivity index (χ1v) is 7.98. The van der Waals surface area contributed by atoms with Gasteiger partial charge in [-0.15, -0.1) is 0 Å². The monoisotopic (exact) mass is 334 g/mol. The summed E-state index contributed by atoms with van der Waals surface area (Å²) in [6.07, 6.45) is -0.805. The first-order valence-electron chi connectivity index (χ1n) is 7.00. The predicted octanol–water partition coefficient (Wildman–Crippen LogP) is 2.94. The van der Waals surface area contributed by atoms with Crippen LogP contribution in [0.2, 0.25) is 0 Å². The van der Waals surface area contributed by atoms with Crippen molar-refractivity contribution in [3.8, 4) is 0 Å². The molecule has 8 heteroatoms. The van der Waals surface area contributed by atoms with Crippen molar-refractivity contribution in [3.63, 3.8) is 0 Å². The highest BCUT2D eigenvalue weighted by Gasteiger charge is 2.25. The Bertz CT molecular complexity index is 382. The lowest BCUT2D eigenvalue weighted by Crippen LogP contribution is -2.49. The number of nitrogens with one attached hydrogen (secondary N) is 1. The van der Waals surface area contributed by atoms with Crippen LogP contribution in [-0.4, -0.2) is 45.8 Å². The smallest absolute Gasteiger partial charge is 0.426 e. The molecule has 0 atom stereocenters. The van der Waals surface area contributed by atoms with Crippen LogP contribution in [0.25, 0.3) is 0 Å². The number of carbonyl (C=O) groups is 3. The van der Waals surface area contributed by atoms with E-state index < -0.39 is 28.5 Å². The Kier molecular flexibility index (Phi) is 7.72. The molecular formula is C14H26N2O5S. The Morgan fingerprint density at radius 1 is 1.00 bits per heavy atom. The Hall–Kier alpha value is -1.44. The van der Waals surface area contributed by atoms with Crippen LogP contribution in [0.1, 0.15) is 48.5 Å². The number of hydrazine groups is 1. The fourth-order valence-electron chi connectivity index (χ4n) is 1.27. The molecule has 0 heterocycles. The minimum absolute atomic E-state index is 0.387. The maximum Gasteiger partial charge on any atom is 0.426 e. The molecule has 0 rings (SSSR count). The van der Waals surface area contributed by atoms with Crippen LogP contribution < -0.4 is 5.43 Å². The number of hydrogen-bond donors (Lipinski definition) is 1. The van der Waals surface area contributed by atoms with Gasteiger partial charge in [0.05, 0.1) is 0 Å². The zero-order chi connectivity index (χ0) is 17.6. The zero-order valence-corrected chi connectivity index (χ0v) is 15.1. The Morgan fingerprint density at radius 3 is 1.91 bits per heavy atom. The molecule has 0 aliphatic carbocycles. The number of esters is 1. The van der Waals surface area contributed by atoms with Gasteiger partial charge in [-0.2, -0.15) is 0 Å². The highest BCUT2D eigenvalue weighted by molar-refractivity contribution is 8.13. The first kappa shape index (κ1) is 20.6. The maximum atomic E-state index is 12.0. The van der Waals surface area contributed by atoms with E-state index in [9.17, 15) is 14.4 Å². The molecule has 0 bridgehead atoms. The molecule has 0 radical (unpaired) electrons. The summed E-state index contributed by atoms with van der Waals surface area (Å²) < 4.78 is 10.2. The molecule has 0 fully saturated rings. The van der Waals surface area contributed by atoms with Crippen LogP contribution in [0.5, 0.6) is 0 Å². The van der Waals surface area contributed by atoms with Crippen molar-refractivity contribution in [2.75, 3.05) is 12.3 Å². The molecule has 22 heavy (non-hydrogen) atoms. The van der Waals surface area contributed by atoms with Crippen LogP contribution in [0.3, 0.4) is 0 Å². The normalized spacial score (nSPS) is 11.6. The standard InChI is InChI=1S/C14H26N2O5S/c1-8-22-12(19)16(9-10(17)20-13(2,3)4)15-11(18)21-14(5,6)7/h8-9H2,1-7H3,(H,15,18). The summed E-state index contributed by atoms with van der Waals surface area (Å²) in [7, 11) is 0. The highest BCUT2D eigenvalue weighted by atomic mass is 32.2. The lowest BCUT2D eigenvalue weighted by atomic mass is 10.2. The van der Waals surface area contributed by atoms with Gasteiger partial charge in [0, 0.05) is 0 Å². The van der Waals surface area contributed by atoms with E-state index >= 15 is 0 Å². The lowest BCUT2D eigenvalue weighted by Gasteiger charge is -2.26. The van der Waals surface area contributed by atoms with Gasteiger partial charge in [0.25, 0.3) is 0 Å². The number of carbonyl (C=O) groups excluding carboxylic acids is 3. The number of rotatable bonds is 3. The Labute approximate surface area is 136 Å². The second-order valence-electron chi connectivity index (χ2n) is 6.49. The van der Waals surface area contributed by atoms with Crippen molar-refractivity contribution in [2.45, 2.75) is 59.7 Å². The van der Waals surface area contributed by atoms with E-state index in [0.717, 1.165) is 16.8 Å². The van der Waals surface area contributed by atoms with Crippen molar-refractivity contribution >= 4 is 29.1 Å². The fraction of sp³-hybridized carbons (Fsp3) is 0.786. The summed E-state index contributed by atoms with van der Waals surface area (Å²) in [6, 6.07) is 0. The Balaban J connectivity index is 4.80. The Morgan fingerprint density at radius 2 is 1.50 bits per heavy atom. The minimum atomic E-state index is -0.805. The molecule has 0 aliphatic rings. The topological polar surface area (TPSA) is 84.9 Å². The summed E-state index contributed by atoms with van der Waals surface area (Å²) in [5.41, 5.74) is 0.899. The van der Waals surface area contributed by atoms with Gasteiger partial charge in [-0.25, -0.2) is 15.2 Å². The first-order chi connectivity index (χ1) is 9.84. The van der Waals surface area contributed by atoms with Crippen molar-refractivity contribution in [1.82, 2.24) is 10.4 Å². The molecule has 1 N–H and O–H groups in total. The van der Waals surface area contributed by atoms with Crippen molar-refractivity contribution in [3.05, 3.63) is 0 Å². The summed E-state index contributed by atoms with van der Waals surface area (Å²) in [4.78, 5) is 35.5. The SMILES string of the molecule is CCSC(=O)N(CC(=O)OC(C)(C)C)NC(=O)OC(C)(C)C. The summed E-state index contributed by atoms with van der Waals surface area (Å²) in [5, 5.41) is 0.440. The fourth-order valence-corrected chi connectivity index (χ4v) is 1.78. The second-order valence-corrected chi connectivity index (χ2v) is 7.70. The number of nitrogens with zero attached hydrogens (tertiary/aromatic N) is 1. The van der Waals surface area contributed by atoms with E-state index in [-0.39, 0.29) is 6.54 Å². The van der Waals surface area contributed by atoms with E-state index in [0.29, 0.717) is 5.75 Å². The summed E-state index contributed by atoms with van der Waals surface area (Å²) >= 11 is 0.968. The van der Waals surface area contributed by atoms with Gasteiger partial charge in [-0.1, -0.05) is 18.7 Å². The van der Waals surface area contributed by atoms with Crippen LogP contribution in [0, 0.1) is 0 Å². The largest absolute Gasteiger partial charge is 0.459 e. The molecule has 0 spiro atoms. The summed E-state index contributed by atoms with van der Waals surface area (Å²) in [5.74, 6) is -0.103. The third-order valence-electron chi connectivity index (χ3n) is 1.82. The quantitative estimate of drug-likeness (QED) is 0.631. The molecule has 0 unspecified atom stereocenters. The van der Waals surface area contributed by atoms with Gasteiger partial charge < -0.3 is 9.47 Å². The summed E-state index contributed by atoms with van der Waals surface area (Å²) in [6.45, 7) is 11.7. The molecule has 7 nitrogen and oxygen atoms in total. The minimum Gasteiger partial charge on any atom is -0.459 e. The van der Waals surface area contributed by atoms with Crippen molar-refractivity contribution in [2.24, 2.45) is 0 Å². The lowest BCUT2D eigenvalue weighted by molar-refractivity contribution is -0.155.